The van der Waals surface area contributed by atoms with Gasteiger partial charge in [0, 0.05) is 6.42 Å². The number of aliphatic carboxylic acids is 1. The molecule has 4 N–H and O–H groups in total. The number of carboxylic acids is 1. The normalized spacial score (nSPS) is 11.7. The molecule has 1 heterocycles. The minimum Gasteiger partial charge on any atom is -0.480 e. The Bertz CT molecular complexity index is 550. The lowest BCUT2D eigenvalue weighted by Crippen LogP contribution is -2.41. The minimum atomic E-state index is -1.28. The average molecular weight is 320 g/mol. The van der Waals surface area contributed by atoms with Crippen molar-refractivity contribution in [3.63, 3.8) is 0 Å². The van der Waals surface area contributed by atoms with Crippen LogP contribution in [0.1, 0.15) is 23.2 Å². The Morgan fingerprint density at radius 1 is 1.35 bits per heavy atom. The van der Waals surface area contributed by atoms with Crippen molar-refractivity contribution in [1.82, 2.24) is 10.3 Å². The molecule has 0 aliphatic rings. The highest BCUT2D eigenvalue weighted by atomic mass is 35.5. The van der Waals surface area contributed by atoms with E-state index in [1.165, 1.54) is 12.1 Å². The fourth-order valence-electron chi connectivity index (χ4n) is 1.36. The molecule has 1 aromatic rings. The third kappa shape index (κ3) is 4.67. The molecule has 0 spiro atoms. The van der Waals surface area contributed by atoms with E-state index in [0.29, 0.717) is 0 Å². The van der Waals surface area contributed by atoms with Crippen molar-refractivity contribution < 1.29 is 19.5 Å². The highest BCUT2D eigenvalue weighted by Crippen LogP contribution is 2.16. The number of nitrogens with zero attached hydrogens (tertiary/aromatic N) is 1. The first kappa shape index (κ1) is 16.2. The summed E-state index contributed by atoms with van der Waals surface area (Å²) in [5.41, 5.74) is 4.92. The lowest BCUT2D eigenvalue weighted by Gasteiger charge is -2.14. The molecule has 0 bridgehead atoms. The lowest BCUT2D eigenvalue weighted by molar-refractivity contribution is -0.139. The van der Waals surface area contributed by atoms with Crippen molar-refractivity contribution in [2.75, 3.05) is 0 Å². The van der Waals surface area contributed by atoms with Crippen molar-refractivity contribution in [3.8, 4) is 0 Å². The number of carbonyl (C=O) groups excluding carboxylic acids is 2. The Morgan fingerprint density at radius 2 is 2.00 bits per heavy atom. The molecule has 0 aliphatic carbocycles. The Labute approximate surface area is 124 Å². The van der Waals surface area contributed by atoms with Crippen LogP contribution in [-0.2, 0) is 9.59 Å². The molecule has 1 rings (SSSR count). The number of hydrogen-bond donors (Lipinski definition) is 3. The van der Waals surface area contributed by atoms with Crippen LogP contribution < -0.4 is 11.1 Å². The van der Waals surface area contributed by atoms with Crippen LogP contribution in [-0.4, -0.2) is 33.9 Å². The molecule has 0 saturated carbocycles. The molecular weight excluding hydrogens is 309 g/mol. The zero-order chi connectivity index (χ0) is 15.3. The second-order valence-corrected chi connectivity index (χ2v) is 4.59. The number of pyridine rings is 1. The predicted octanol–water partition coefficient (Wildman–Crippen LogP) is 0.837. The van der Waals surface area contributed by atoms with Gasteiger partial charge in [0.25, 0.3) is 5.91 Å². The highest BCUT2D eigenvalue weighted by molar-refractivity contribution is 6.34. The molecular formula is C11H11Cl2N3O4. The van der Waals surface area contributed by atoms with E-state index in [-0.39, 0.29) is 28.7 Å². The molecule has 1 unspecified atom stereocenters. The Kier molecular flexibility index (Phi) is 5.72. The fraction of sp³-hybridized carbons (Fsp3) is 0.273. The van der Waals surface area contributed by atoms with Crippen LogP contribution in [0.5, 0.6) is 0 Å². The number of amides is 2. The summed E-state index contributed by atoms with van der Waals surface area (Å²) in [6, 6.07) is 1.42. The summed E-state index contributed by atoms with van der Waals surface area (Å²) in [6.45, 7) is 0. The second-order valence-electron chi connectivity index (χ2n) is 3.84. The molecule has 108 valence electrons. The van der Waals surface area contributed by atoms with Gasteiger partial charge >= 0.3 is 5.97 Å². The monoisotopic (exact) mass is 319 g/mol. The molecule has 9 heteroatoms. The van der Waals surface area contributed by atoms with Gasteiger partial charge in [-0.3, -0.25) is 9.59 Å². The molecule has 0 aliphatic heterocycles. The molecule has 0 radical (unpaired) electrons. The number of carbonyl (C=O) groups is 3. The third-order valence-electron chi connectivity index (χ3n) is 2.34. The number of halogens is 2. The van der Waals surface area contributed by atoms with E-state index in [1.54, 1.807) is 0 Å². The van der Waals surface area contributed by atoms with Crippen molar-refractivity contribution in [2.24, 2.45) is 5.73 Å². The summed E-state index contributed by atoms with van der Waals surface area (Å²) < 4.78 is 0. The smallest absolute Gasteiger partial charge is 0.326 e. The molecule has 0 aromatic carbocycles. The molecule has 1 aromatic heterocycles. The summed E-state index contributed by atoms with van der Waals surface area (Å²) >= 11 is 11.3. The Hall–Kier alpha value is -1.86. The molecule has 0 saturated heterocycles. The fourth-order valence-corrected chi connectivity index (χ4v) is 1.79. The van der Waals surface area contributed by atoms with Gasteiger partial charge in [-0.25, -0.2) is 9.78 Å². The van der Waals surface area contributed by atoms with Gasteiger partial charge in [-0.1, -0.05) is 23.2 Å². The van der Waals surface area contributed by atoms with E-state index >= 15 is 0 Å². The van der Waals surface area contributed by atoms with Gasteiger partial charge < -0.3 is 16.2 Å². The first-order valence-corrected chi connectivity index (χ1v) is 6.21. The van der Waals surface area contributed by atoms with Gasteiger partial charge in [0.15, 0.2) is 0 Å². The topological polar surface area (TPSA) is 122 Å². The van der Waals surface area contributed by atoms with E-state index in [1.807, 2.05) is 0 Å². The molecule has 20 heavy (non-hydrogen) atoms. The van der Waals surface area contributed by atoms with Gasteiger partial charge in [0.05, 0.1) is 5.56 Å². The lowest BCUT2D eigenvalue weighted by atomic mass is 10.1. The average Bonchev–Trinajstić information content (AvgIpc) is 2.33. The van der Waals surface area contributed by atoms with E-state index < -0.39 is 23.8 Å². The number of primary amides is 1. The standard InChI is InChI=1S/C11H11Cl2N3O4/c12-7-3-1-5(9(13)16-7)10(18)15-6(11(19)20)2-4-8(14)17/h1,3,6H,2,4H2,(H2,14,17)(H,15,18)(H,19,20). The summed E-state index contributed by atoms with van der Waals surface area (Å²) in [6.07, 6.45) is -0.279. The van der Waals surface area contributed by atoms with E-state index in [2.05, 4.69) is 10.3 Å². The number of rotatable bonds is 6. The van der Waals surface area contributed by atoms with E-state index in [4.69, 9.17) is 34.0 Å². The van der Waals surface area contributed by atoms with Crippen molar-refractivity contribution in [2.45, 2.75) is 18.9 Å². The third-order valence-corrected chi connectivity index (χ3v) is 2.84. The van der Waals surface area contributed by atoms with Crippen LogP contribution in [0.3, 0.4) is 0 Å². The van der Waals surface area contributed by atoms with E-state index in [0.717, 1.165) is 0 Å². The molecule has 1 atom stereocenters. The minimum absolute atomic E-state index is 0.0126. The van der Waals surface area contributed by atoms with Crippen molar-refractivity contribution in [1.29, 1.82) is 0 Å². The zero-order valence-electron chi connectivity index (χ0n) is 10.1. The van der Waals surface area contributed by atoms with Crippen molar-refractivity contribution in [3.05, 3.63) is 28.0 Å². The van der Waals surface area contributed by atoms with Crippen molar-refractivity contribution >= 4 is 41.0 Å². The van der Waals surface area contributed by atoms with E-state index in [9.17, 15) is 14.4 Å². The summed E-state index contributed by atoms with van der Waals surface area (Å²) in [5.74, 6) is -2.66. The van der Waals surface area contributed by atoms with Crippen LogP contribution in [0.25, 0.3) is 0 Å². The van der Waals surface area contributed by atoms with Gasteiger partial charge in [0.2, 0.25) is 5.91 Å². The molecule has 0 fully saturated rings. The Morgan fingerprint density at radius 3 is 2.50 bits per heavy atom. The largest absolute Gasteiger partial charge is 0.480 e. The van der Waals surface area contributed by atoms with Crippen LogP contribution in [0.15, 0.2) is 12.1 Å². The maximum absolute atomic E-state index is 11.9. The van der Waals surface area contributed by atoms with Gasteiger partial charge in [-0.05, 0) is 18.6 Å². The first-order valence-electron chi connectivity index (χ1n) is 5.45. The highest BCUT2D eigenvalue weighted by Gasteiger charge is 2.22. The summed E-state index contributed by atoms with van der Waals surface area (Å²) in [5, 5.41) is 11.2. The number of nitrogens with one attached hydrogen (secondary N) is 1. The van der Waals surface area contributed by atoms with Crippen LogP contribution in [0, 0.1) is 0 Å². The maximum atomic E-state index is 11.9. The SMILES string of the molecule is NC(=O)CCC(NC(=O)c1ccc(Cl)nc1Cl)C(=O)O. The maximum Gasteiger partial charge on any atom is 0.326 e. The zero-order valence-corrected chi connectivity index (χ0v) is 11.6. The van der Waals surface area contributed by atoms with Crippen LogP contribution in [0.2, 0.25) is 10.3 Å². The summed E-state index contributed by atoms with van der Waals surface area (Å²) in [4.78, 5) is 37.2. The molecule has 7 nitrogen and oxygen atoms in total. The Balaban J connectivity index is 2.80. The number of aromatic nitrogens is 1. The first-order chi connectivity index (χ1) is 9.31. The van der Waals surface area contributed by atoms with Gasteiger partial charge in [-0.15, -0.1) is 0 Å². The number of hydrogen-bond acceptors (Lipinski definition) is 4. The number of nitrogens with two attached hydrogens (primary N) is 1. The quantitative estimate of drug-likeness (QED) is 0.670. The van der Waals surface area contributed by atoms with Gasteiger partial charge in [-0.2, -0.15) is 0 Å². The second kappa shape index (κ2) is 7.06. The predicted molar refractivity (Wildman–Crippen MR) is 71.6 cm³/mol. The van der Waals surface area contributed by atoms with Crippen LogP contribution >= 0.6 is 23.2 Å². The van der Waals surface area contributed by atoms with Gasteiger partial charge in [0.1, 0.15) is 16.3 Å². The summed E-state index contributed by atoms with van der Waals surface area (Å²) in [7, 11) is 0. The number of carboxylic acid groups (broad SMARTS) is 1. The molecule has 2 amide bonds. The van der Waals surface area contributed by atoms with Crippen LogP contribution in [0.4, 0.5) is 0 Å².